The number of carbonyl (C=O) groups is 1. The number of H-pyrrole nitrogens is 1. The van der Waals surface area contributed by atoms with Crippen LogP contribution in [0.5, 0.6) is 0 Å². The minimum Gasteiger partial charge on any atom is -0.395 e. The Morgan fingerprint density at radius 1 is 1.61 bits per heavy atom. The van der Waals surface area contributed by atoms with E-state index in [1.165, 1.54) is 12.3 Å². The van der Waals surface area contributed by atoms with E-state index in [0.717, 1.165) is 6.07 Å². The number of furan rings is 1. The molecule has 9 heteroatoms. The third kappa shape index (κ3) is 2.29. The number of aromatic nitrogens is 2. The summed E-state index contributed by atoms with van der Waals surface area (Å²) in [5, 5.41) is 19.1. The first-order chi connectivity index (χ1) is 8.58. The van der Waals surface area contributed by atoms with E-state index in [-0.39, 0.29) is 12.3 Å². The van der Waals surface area contributed by atoms with Crippen LogP contribution in [0, 0.1) is 10.1 Å². The zero-order valence-corrected chi connectivity index (χ0v) is 9.04. The Hall–Kier alpha value is -2.84. The Kier molecular flexibility index (Phi) is 2.96. The monoisotopic (exact) mass is 251 g/mol. The van der Waals surface area contributed by atoms with E-state index >= 15 is 0 Å². The van der Waals surface area contributed by atoms with Crippen molar-refractivity contribution in [2.24, 2.45) is 0 Å². The maximum Gasteiger partial charge on any atom is 0.433 e. The lowest BCUT2D eigenvalue weighted by atomic mass is 10.3. The average Bonchev–Trinajstić information content (AvgIpc) is 2.94. The van der Waals surface area contributed by atoms with Gasteiger partial charge in [0.05, 0.1) is 12.3 Å². The number of amides is 1. The lowest BCUT2D eigenvalue weighted by Crippen LogP contribution is -2.22. The summed E-state index contributed by atoms with van der Waals surface area (Å²) in [5.74, 6) is -0.837. The fourth-order valence-corrected chi connectivity index (χ4v) is 1.27. The van der Waals surface area contributed by atoms with E-state index in [4.69, 9.17) is 10.2 Å². The molecule has 9 nitrogen and oxygen atoms in total. The van der Waals surface area contributed by atoms with Gasteiger partial charge in [-0.1, -0.05) is 0 Å². The highest BCUT2D eigenvalue weighted by Crippen LogP contribution is 2.15. The minimum atomic E-state index is -0.717. The molecule has 0 spiro atoms. The highest BCUT2D eigenvalue weighted by molar-refractivity contribution is 5.91. The zero-order chi connectivity index (χ0) is 13.1. The number of carbonyl (C=O) groups excluding carboxylic acids is 1. The molecule has 0 saturated carbocycles. The molecular formula is C9H9N5O4. The molecule has 0 saturated heterocycles. The predicted octanol–water partition coefficient (Wildman–Crippen LogP) is 0.423. The van der Waals surface area contributed by atoms with Crippen LogP contribution in [0.25, 0.3) is 0 Å². The summed E-state index contributed by atoms with van der Waals surface area (Å²) in [6.45, 7) is 0.148. The second-order valence-corrected chi connectivity index (χ2v) is 3.39. The van der Waals surface area contributed by atoms with Gasteiger partial charge in [-0.15, -0.1) is 0 Å². The number of hydrogen-bond acceptors (Lipinski definition) is 6. The van der Waals surface area contributed by atoms with E-state index in [0.29, 0.717) is 11.4 Å². The van der Waals surface area contributed by atoms with E-state index in [1.807, 2.05) is 0 Å². The van der Waals surface area contributed by atoms with Crippen LogP contribution >= 0.6 is 0 Å². The molecule has 1 amide bonds. The molecule has 0 bridgehead atoms. The third-order valence-electron chi connectivity index (χ3n) is 2.19. The van der Waals surface area contributed by atoms with E-state index < -0.39 is 16.7 Å². The molecule has 0 aromatic carbocycles. The second kappa shape index (κ2) is 4.57. The molecule has 0 unspecified atom stereocenters. The molecule has 2 rings (SSSR count). The van der Waals surface area contributed by atoms with Gasteiger partial charge < -0.3 is 15.5 Å². The normalized spacial score (nSPS) is 10.2. The van der Waals surface area contributed by atoms with Crippen molar-refractivity contribution < 1.29 is 14.1 Å². The smallest absolute Gasteiger partial charge is 0.395 e. The summed E-state index contributed by atoms with van der Waals surface area (Å²) >= 11 is 0. The summed E-state index contributed by atoms with van der Waals surface area (Å²) in [5.41, 5.74) is 6.14. The SMILES string of the molecule is Nc1[nH]ncc1CNC(=O)c1ccc([N+](=O)[O-])o1. The van der Waals surface area contributed by atoms with Crippen molar-refractivity contribution in [2.75, 3.05) is 5.73 Å². The van der Waals surface area contributed by atoms with E-state index in [1.54, 1.807) is 0 Å². The molecule has 0 aliphatic rings. The predicted molar refractivity (Wildman–Crippen MR) is 59.5 cm³/mol. The van der Waals surface area contributed by atoms with Gasteiger partial charge in [-0.05, 0) is 6.07 Å². The number of anilines is 1. The van der Waals surface area contributed by atoms with Gasteiger partial charge in [0.15, 0.2) is 5.76 Å². The number of nitrogens with two attached hydrogens (primary N) is 1. The molecule has 0 fully saturated rings. The standard InChI is InChI=1S/C9H9N5O4/c10-8-5(4-12-13-8)3-11-9(15)6-1-2-7(18-6)14(16)17/h1-2,4H,3H2,(H,11,15)(H3,10,12,13). The highest BCUT2D eigenvalue weighted by Gasteiger charge is 2.17. The first-order valence-electron chi connectivity index (χ1n) is 4.88. The van der Waals surface area contributed by atoms with Gasteiger partial charge >= 0.3 is 5.88 Å². The zero-order valence-electron chi connectivity index (χ0n) is 9.04. The van der Waals surface area contributed by atoms with Crippen LogP contribution in [0.4, 0.5) is 11.7 Å². The summed E-state index contributed by atoms with van der Waals surface area (Å²) in [7, 11) is 0. The largest absolute Gasteiger partial charge is 0.433 e. The molecule has 2 aromatic rings. The topological polar surface area (TPSA) is 140 Å². The van der Waals surface area contributed by atoms with Gasteiger partial charge in [0.1, 0.15) is 10.7 Å². The Morgan fingerprint density at radius 3 is 2.94 bits per heavy atom. The van der Waals surface area contributed by atoms with Gasteiger partial charge in [0.25, 0.3) is 5.91 Å². The molecule has 18 heavy (non-hydrogen) atoms. The fourth-order valence-electron chi connectivity index (χ4n) is 1.27. The lowest BCUT2D eigenvalue weighted by molar-refractivity contribution is -0.402. The van der Waals surface area contributed by atoms with Gasteiger partial charge in [-0.25, -0.2) is 0 Å². The summed E-state index contributed by atoms with van der Waals surface area (Å²) < 4.78 is 4.74. The van der Waals surface area contributed by atoms with Crippen molar-refractivity contribution in [3.8, 4) is 0 Å². The Labute approximate surface area is 100 Å². The van der Waals surface area contributed by atoms with Gasteiger partial charge in [0.2, 0.25) is 0 Å². The average molecular weight is 251 g/mol. The molecule has 0 radical (unpaired) electrons. The van der Waals surface area contributed by atoms with Gasteiger partial charge in [-0.2, -0.15) is 5.10 Å². The second-order valence-electron chi connectivity index (χ2n) is 3.39. The Morgan fingerprint density at radius 2 is 2.39 bits per heavy atom. The van der Waals surface area contributed by atoms with Crippen LogP contribution in [0.1, 0.15) is 16.1 Å². The third-order valence-corrected chi connectivity index (χ3v) is 2.19. The van der Waals surface area contributed by atoms with Crippen molar-refractivity contribution in [3.05, 3.63) is 39.8 Å². The molecule has 0 aliphatic carbocycles. The number of nitrogens with zero attached hydrogens (tertiary/aromatic N) is 2. The Balaban J connectivity index is 1.99. The Bertz CT molecular complexity index is 587. The number of nitrogens with one attached hydrogen (secondary N) is 2. The van der Waals surface area contributed by atoms with E-state index in [9.17, 15) is 14.9 Å². The summed E-state index contributed by atoms with van der Waals surface area (Å²) in [6.07, 6.45) is 1.47. The first kappa shape index (κ1) is 11.6. The van der Waals surface area contributed by atoms with Crippen molar-refractivity contribution in [1.29, 1.82) is 0 Å². The maximum absolute atomic E-state index is 11.6. The minimum absolute atomic E-state index is 0.135. The van der Waals surface area contributed by atoms with Crippen LogP contribution < -0.4 is 11.1 Å². The highest BCUT2D eigenvalue weighted by atomic mass is 16.6. The molecular weight excluding hydrogens is 242 g/mol. The van der Waals surface area contributed by atoms with Crippen LogP contribution in [-0.4, -0.2) is 21.0 Å². The molecule has 0 atom stereocenters. The van der Waals surface area contributed by atoms with Crippen LogP contribution in [-0.2, 0) is 6.54 Å². The lowest BCUT2D eigenvalue weighted by Gasteiger charge is -2.01. The van der Waals surface area contributed by atoms with Crippen molar-refractivity contribution in [2.45, 2.75) is 6.54 Å². The summed E-state index contributed by atoms with van der Waals surface area (Å²) in [6, 6.07) is 2.34. The van der Waals surface area contributed by atoms with Crippen molar-refractivity contribution >= 4 is 17.6 Å². The van der Waals surface area contributed by atoms with Gasteiger partial charge in [-0.3, -0.25) is 20.0 Å². The number of nitrogen functional groups attached to an aromatic ring is 1. The molecule has 2 heterocycles. The van der Waals surface area contributed by atoms with Crippen molar-refractivity contribution in [1.82, 2.24) is 15.5 Å². The van der Waals surface area contributed by atoms with Gasteiger partial charge in [0, 0.05) is 12.1 Å². The van der Waals surface area contributed by atoms with Crippen molar-refractivity contribution in [3.63, 3.8) is 0 Å². The number of hydrogen-bond donors (Lipinski definition) is 3. The molecule has 2 aromatic heterocycles. The number of nitro groups is 1. The van der Waals surface area contributed by atoms with Crippen LogP contribution in [0.2, 0.25) is 0 Å². The maximum atomic E-state index is 11.6. The first-order valence-corrected chi connectivity index (χ1v) is 4.88. The quantitative estimate of drug-likeness (QED) is 0.531. The fraction of sp³-hybridized carbons (Fsp3) is 0.111. The number of aromatic amines is 1. The number of rotatable bonds is 4. The van der Waals surface area contributed by atoms with E-state index in [2.05, 4.69) is 15.5 Å². The molecule has 94 valence electrons. The summed E-state index contributed by atoms with van der Waals surface area (Å²) in [4.78, 5) is 21.2. The van der Waals surface area contributed by atoms with Crippen LogP contribution in [0.3, 0.4) is 0 Å². The van der Waals surface area contributed by atoms with Crippen LogP contribution in [0.15, 0.2) is 22.7 Å². The molecule has 4 N–H and O–H groups in total. The molecule has 0 aliphatic heterocycles.